The molecule has 1 unspecified atom stereocenters. The van der Waals surface area contributed by atoms with Gasteiger partial charge in [-0.2, -0.15) is 0 Å². The Morgan fingerprint density at radius 2 is 1.70 bits per heavy atom. The maximum absolute atomic E-state index is 13.4. The molecule has 0 bridgehead atoms. The molecule has 0 saturated heterocycles. The van der Waals surface area contributed by atoms with Gasteiger partial charge in [-0.05, 0) is 37.7 Å². The maximum atomic E-state index is 13.4. The zero-order valence-corrected chi connectivity index (χ0v) is 21.1. The Balaban J connectivity index is 0.00000159. The van der Waals surface area contributed by atoms with Crippen molar-refractivity contribution in [2.24, 2.45) is 22.2 Å². The first kappa shape index (κ1) is 31.8. The molecule has 1 aromatic carbocycles. The summed E-state index contributed by atoms with van der Waals surface area (Å²) in [6.45, 7) is 1.33. The molecule has 0 heterocycles. The van der Waals surface area contributed by atoms with E-state index in [9.17, 15) is 24.7 Å². The normalized spacial score (nSPS) is 15.5. The predicted octanol–water partition coefficient (Wildman–Crippen LogP) is -1.15. The lowest BCUT2D eigenvalue weighted by Crippen LogP contribution is -2.64. The number of hydrogen-bond acceptors (Lipinski definition) is 8. The molecule has 37 heavy (non-hydrogen) atoms. The van der Waals surface area contributed by atoms with Crippen LogP contribution in [0.15, 0.2) is 35.3 Å². The van der Waals surface area contributed by atoms with Crippen molar-refractivity contribution >= 4 is 30.9 Å². The number of nitrogens with two attached hydrogens (primary N) is 3. The van der Waals surface area contributed by atoms with Crippen LogP contribution in [-0.4, -0.2) is 86.8 Å². The molecule has 2 rings (SSSR count). The van der Waals surface area contributed by atoms with Gasteiger partial charge in [0, 0.05) is 25.5 Å². The summed E-state index contributed by atoms with van der Waals surface area (Å²) in [5.41, 5.74) is 17.7. The Morgan fingerprint density at radius 3 is 2.19 bits per heavy atom. The third-order valence-corrected chi connectivity index (χ3v) is 5.80. The van der Waals surface area contributed by atoms with E-state index >= 15 is 0 Å². The van der Waals surface area contributed by atoms with E-state index in [0.717, 1.165) is 25.3 Å². The number of nitrogens with zero attached hydrogens (tertiary/aromatic N) is 2. The van der Waals surface area contributed by atoms with E-state index in [1.807, 2.05) is 30.3 Å². The fourth-order valence-electron chi connectivity index (χ4n) is 4.16. The van der Waals surface area contributed by atoms with Gasteiger partial charge in [0.2, 0.25) is 5.91 Å². The first-order valence-electron chi connectivity index (χ1n) is 12.2. The molecule has 0 aromatic heterocycles. The zero-order chi connectivity index (χ0) is 28.0. The molecule has 1 aliphatic carbocycles. The van der Waals surface area contributed by atoms with Crippen LogP contribution < -0.4 is 22.5 Å². The molecular weight excluding hydrogens is 483 g/mol. The summed E-state index contributed by atoms with van der Waals surface area (Å²) in [7, 11) is -1.84. The second-order valence-corrected chi connectivity index (χ2v) is 8.88. The van der Waals surface area contributed by atoms with Gasteiger partial charge in [0.25, 0.3) is 5.97 Å². The first-order chi connectivity index (χ1) is 17.4. The molecule has 1 fully saturated rings. The summed E-state index contributed by atoms with van der Waals surface area (Å²) in [5, 5.41) is 39.8. The largest absolute Gasteiger partial charge is 0.481 e. The van der Waals surface area contributed by atoms with Crippen molar-refractivity contribution in [2.75, 3.05) is 6.54 Å². The second-order valence-electron chi connectivity index (χ2n) is 8.88. The van der Waals surface area contributed by atoms with Crippen LogP contribution in [0.5, 0.6) is 0 Å². The second kappa shape index (κ2) is 16.5. The predicted molar refractivity (Wildman–Crippen MR) is 139 cm³/mol. The van der Waals surface area contributed by atoms with Crippen LogP contribution in [0.25, 0.3) is 0 Å². The number of carboxylic acids is 2. The molecule has 1 aromatic rings. The van der Waals surface area contributed by atoms with Crippen LogP contribution in [0.4, 0.5) is 0 Å². The summed E-state index contributed by atoms with van der Waals surface area (Å²) in [6, 6.07) is 8.03. The van der Waals surface area contributed by atoms with E-state index in [2.05, 4.69) is 10.3 Å². The van der Waals surface area contributed by atoms with Gasteiger partial charge in [-0.3, -0.25) is 19.9 Å². The number of hydrogen-bond donors (Lipinski definition) is 8. The van der Waals surface area contributed by atoms with Gasteiger partial charge in [0.1, 0.15) is 0 Å². The highest BCUT2D eigenvalue weighted by molar-refractivity contribution is 6.43. The quantitative estimate of drug-likeness (QED) is 0.0506. The third-order valence-electron chi connectivity index (χ3n) is 5.80. The topological polar surface area (TPSA) is 238 Å². The summed E-state index contributed by atoms with van der Waals surface area (Å²) in [6.07, 6.45) is 2.43. The summed E-state index contributed by atoms with van der Waals surface area (Å²) in [5.74, 6) is -3.71. The highest BCUT2D eigenvalue weighted by Gasteiger charge is 2.40. The lowest BCUT2D eigenvalue weighted by molar-refractivity contribution is -0.155. The number of benzene rings is 1. The lowest BCUT2D eigenvalue weighted by Gasteiger charge is -2.38. The van der Waals surface area contributed by atoms with Crippen LogP contribution in [0, 0.1) is 0 Å². The van der Waals surface area contributed by atoms with Crippen molar-refractivity contribution in [3.63, 3.8) is 0 Å². The molecule has 0 spiro atoms. The van der Waals surface area contributed by atoms with E-state index in [-0.39, 0.29) is 31.4 Å². The molecule has 0 aliphatic heterocycles. The van der Waals surface area contributed by atoms with Gasteiger partial charge in [-0.15, -0.1) is 0 Å². The Bertz CT molecular complexity index is 876. The average molecular weight is 522 g/mol. The van der Waals surface area contributed by atoms with Crippen molar-refractivity contribution in [1.82, 2.24) is 10.2 Å². The molecule has 0 radical (unpaired) electrons. The van der Waals surface area contributed by atoms with E-state index in [1.165, 1.54) is 4.90 Å². The van der Waals surface area contributed by atoms with Gasteiger partial charge < -0.3 is 42.4 Å². The molecule has 11 N–H and O–H groups in total. The van der Waals surface area contributed by atoms with Crippen LogP contribution in [-0.2, 0) is 20.8 Å². The molecule has 3 atom stereocenters. The number of guanidine groups is 1. The molecule has 13 nitrogen and oxygen atoms in total. The van der Waals surface area contributed by atoms with Crippen molar-refractivity contribution in [3.05, 3.63) is 35.9 Å². The summed E-state index contributed by atoms with van der Waals surface area (Å²) >= 11 is 0. The average Bonchev–Trinajstić information content (AvgIpc) is 3.34. The van der Waals surface area contributed by atoms with Crippen LogP contribution in [0.2, 0.25) is 0 Å². The first-order valence-corrected chi connectivity index (χ1v) is 12.2. The van der Waals surface area contributed by atoms with Crippen LogP contribution in [0.1, 0.15) is 51.0 Å². The number of carbonyl (C=O) groups excluding carboxylic acids is 1. The van der Waals surface area contributed by atoms with Gasteiger partial charge in [0.15, 0.2) is 12.1 Å². The molecular formula is C23H39BN6O7. The van der Waals surface area contributed by atoms with Crippen molar-refractivity contribution in [2.45, 2.75) is 76.1 Å². The highest BCUT2D eigenvalue weighted by Crippen LogP contribution is 2.26. The third kappa shape index (κ3) is 12.1. The molecule has 14 heteroatoms. The number of rotatable bonds is 13. The summed E-state index contributed by atoms with van der Waals surface area (Å²) < 4.78 is 0. The van der Waals surface area contributed by atoms with Gasteiger partial charge >= 0.3 is 13.1 Å². The smallest absolute Gasteiger partial charge is 0.469 e. The number of aliphatic carboxylic acids is 2. The van der Waals surface area contributed by atoms with Gasteiger partial charge in [-0.25, -0.2) is 4.79 Å². The van der Waals surface area contributed by atoms with Crippen LogP contribution >= 0.6 is 0 Å². The Labute approximate surface area is 216 Å². The van der Waals surface area contributed by atoms with E-state index < -0.39 is 43.1 Å². The zero-order valence-electron chi connectivity index (χ0n) is 21.1. The fourth-order valence-corrected chi connectivity index (χ4v) is 4.16. The molecule has 1 saturated carbocycles. The molecule has 1 amide bonds. The van der Waals surface area contributed by atoms with Crippen molar-refractivity contribution in [3.8, 4) is 0 Å². The van der Waals surface area contributed by atoms with E-state index in [4.69, 9.17) is 27.1 Å². The van der Waals surface area contributed by atoms with E-state index in [1.54, 1.807) is 0 Å². The summed E-state index contributed by atoms with van der Waals surface area (Å²) in [4.78, 5) is 39.8. The number of carboxylic acid groups (broad SMARTS) is 2. The standard InChI is InChI=1S/C21H35BN6O5.C2H4O2/c23-16(13-14-7-2-1-3-8-14)19(29)28(15-9-4-5-10-15)18(20(30)31)27-17(22(32)33)11-6-12-26-21(24)25;1-2(3)4/h1-3,7-8,15-18,27,32-33H,4-6,9-13,23H2,(H,30,31)(H4,24,25,26);1H3,(H,3,4)/t16-,17+,18?;/m1./s1. The number of nitrogens with one attached hydrogen (secondary N) is 1. The minimum atomic E-state index is -1.84. The van der Waals surface area contributed by atoms with Crippen molar-refractivity contribution < 1.29 is 34.6 Å². The SMILES string of the molecule is CC(=O)O.NC(N)=NCCC[C@H](NC(C(=O)O)N(C(=O)[C@H](N)Cc1ccccc1)C1CCCC1)B(O)O. The Kier molecular flexibility index (Phi) is 14.2. The number of amides is 1. The van der Waals surface area contributed by atoms with E-state index in [0.29, 0.717) is 19.3 Å². The fraction of sp³-hybridized carbons (Fsp3) is 0.565. The maximum Gasteiger partial charge on any atom is 0.469 e. The number of aliphatic imine (C=N–C) groups is 1. The lowest BCUT2D eigenvalue weighted by atomic mass is 9.76. The molecule has 1 aliphatic rings. The van der Waals surface area contributed by atoms with Gasteiger partial charge in [-0.1, -0.05) is 43.2 Å². The number of carbonyl (C=O) groups is 3. The minimum absolute atomic E-state index is 0.0853. The van der Waals surface area contributed by atoms with Crippen LogP contribution in [0.3, 0.4) is 0 Å². The molecule has 206 valence electrons. The van der Waals surface area contributed by atoms with Gasteiger partial charge in [0.05, 0.1) is 6.04 Å². The minimum Gasteiger partial charge on any atom is -0.481 e. The monoisotopic (exact) mass is 522 g/mol. The van der Waals surface area contributed by atoms with Crippen molar-refractivity contribution in [1.29, 1.82) is 0 Å². The Morgan fingerprint density at radius 1 is 1.14 bits per heavy atom. The Hall–Kier alpha value is -3.20. The highest BCUT2D eigenvalue weighted by atomic mass is 16.4.